The Bertz CT molecular complexity index is 1650. The van der Waals surface area contributed by atoms with Crippen molar-refractivity contribution in [2.24, 2.45) is 0 Å². The lowest BCUT2D eigenvalue weighted by Gasteiger charge is -2.11. The number of rotatable bonds is 11. The first-order chi connectivity index (χ1) is 19.4. The molecule has 0 spiro atoms. The van der Waals surface area contributed by atoms with Crippen molar-refractivity contribution in [3.8, 4) is 34.3 Å². The average molecular weight is 535 g/mol. The zero-order chi connectivity index (χ0) is 27.9. The number of fused-ring (bicyclic) bond motifs is 1. The lowest BCUT2D eigenvalue weighted by molar-refractivity contribution is -0.137. The minimum absolute atomic E-state index is 0.0711. The Morgan fingerprint density at radius 1 is 0.725 bits per heavy atom. The molecule has 0 saturated carbocycles. The molecule has 5 rings (SSSR count). The number of carboxylic acid groups (broad SMARTS) is 2. The van der Waals surface area contributed by atoms with Crippen LogP contribution < -0.4 is 9.47 Å². The van der Waals surface area contributed by atoms with Crippen molar-refractivity contribution in [1.82, 2.24) is 9.97 Å². The van der Waals surface area contributed by atoms with Gasteiger partial charge >= 0.3 is 11.9 Å². The van der Waals surface area contributed by atoms with Crippen molar-refractivity contribution >= 4 is 22.7 Å². The summed E-state index contributed by atoms with van der Waals surface area (Å²) in [7, 11) is 0. The van der Waals surface area contributed by atoms with Crippen LogP contribution in [-0.2, 0) is 11.4 Å². The summed E-state index contributed by atoms with van der Waals surface area (Å²) in [5, 5.41) is 19.9. The average Bonchev–Trinajstić information content (AvgIpc) is 2.98. The summed E-state index contributed by atoms with van der Waals surface area (Å²) in [6, 6.07) is 29.7. The van der Waals surface area contributed by atoms with Gasteiger partial charge in [-0.1, -0.05) is 60.7 Å². The van der Waals surface area contributed by atoms with Gasteiger partial charge in [-0.3, -0.25) is 4.79 Å². The Balaban J connectivity index is 1.40. The molecule has 0 aliphatic heterocycles. The van der Waals surface area contributed by atoms with Gasteiger partial charge in [-0.05, 0) is 53.1 Å². The molecule has 0 amide bonds. The van der Waals surface area contributed by atoms with E-state index in [0.29, 0.717) is 36.2 Å². The van der Waals surface area contributed by atoms with E-state index in [1.165, 1.54) is 0 Å². The highest BCUT2D eigenvalue weighted by atomic mass is 16.5. The Hall–Kier alpha value is -5.24. The molecular formula is C32H26N2O6. The summed E-state index contributed by atoms with van der Waals surface area (Å²) < 4.78 is 11.7. The summed E-state index contributed by atoms with van der Waals surface area (Å²) >= 11 is 0. The molecule has 0 unspecified atom stereocenters. The van der Waals surface area contributed by atoms with Gasteiger partial charge in [-0.25, -0.2) is 9.78 Å². The normalized spacial score (nSPS) is 10.8. The summed E-state index contributed by atoms with van der Waals surface area (Å²) in [6.07, 6.45) is 0.515. The monoisotopic (exact) mass is 534 g/mol. The van der Waals surface area contributed by atoms with E-state index in [4.69, 9.17) is 24.7 Å². The fraction of sp³-hybridized carbons (Fsp3) is 0.125. The predicted octanol–water partition coefficient (Wildman–Crippen LogP) is 6.48. The number of aromatic carboxylic acids is 1. The van der Waals surface area contributed by atoms with Gasteiger partial charge in [0.2, 0.25) is 5.88 Å². The van der Waals surface area contributed by atoms with Gasteiger partial charge in [0.05, 0.1) is 17.9 Å². The van der Waals surface area contributed by atoms with Crippen LogP contribution in [0.1, 0.15) is 28.8 Å². The highest BCUT2D eigenvalue weighted by Crippen LogP contribution is 2.29. The summed E-state index contributed by atoms with van der Waals surface area (Å²) in [4.78, 5) is 31.3. The van der Waals surface area contributed by atoms with E-state index in [2.05, 4.69) is 4.98 Å². The van der Waals surface area contributed by atoms with Crippen LogP contribution in [-0.4, -0.2) is 38.7 Å². The van der Waals surface area contributed by atoms with E-state index >= 15 is 0 Å². The van der Waals surface area contributed by atoms with Gasteiger partial charge in [-0.2, -0.15) is 4.98 Å². The molecule has 8 heteroatoms. The Labute approximate surface area is 230 Å². The molecule has 0 atom stereocenters. The summed E-state index contributed by atoms with van der Waals surface area (Å²) in [5.41, 5.74) is 3.49. The van der Waals surface area contributed by atoms with Crippen LogP contribution >= 0.6 is 0 Å². The lowest BCUT2D eigenvalue weighted by atomic mass is 10.1. The lowest BCUT2D eigenvalue weighted by Crippen LogP contribution is -2.02. The molecule has 0 aliphatic rings. The zero-order valence-corrected chi connectivity index (χ0v) is 21.5. The van der Waals surface area contributed by atoms with Gasteiger partial charge in [0.15, 0.2) is 5.82 Å². The second kappa shape index (κ2) is 12.1. The van der Waals surface area contributed by atoms with Crippen LogP contribution in [0.5, 0.6) is 11.6 Å². The van der Waals surface area contributed by atoms with Crippen LogP contribution in [0, 0.1) is 0 Å². The number of carbonyl (C=O) groups is 2. The second-order valence-electron chi connectivity index (χ2n) is 9.14. The maximum Gasteiger partial charge on any atom is 0.335 e. The second-order valence-corrected chi connectivity index (χ2v) is 9.14. The largest absolute Gasteiger partial charge is 0.494 e. The van der Waals surface area contributed by atoms with Crippen molar-refractivity contribution in [2.75, 3.05) is 6.61 Å². The molecule has 0 radical (unpaired) electrons. The first-order valence-electron chi connectivity index (χ1n) is 12.7. The van der Waals surface area contributed by atoms with E-state index in [0.717, 1.165) is 27.5 Å². The summed E-state index contributed by atoms with van der Waals surface area (Å²) in [6.45, 7) is 0.556. The minimum Gasteiger partial charge on any atom is -0.494 e. The smallest absolute Gasteiger partial charge is 0.335 e. The molecule has 1 heterocycles. The van der Waals surface area contributed by atoms with Crippen molar-refractivity contribution in [3.05, 3.63) is 108 Å². The molecule has 0 bridgehead atoms. The SMILES string of the molecule is O=C(O)CCCOc1ccc2cc(-c3nc(OCc4ccc(C(=O)O)cc4)cc(-c4ccccc4)n3)ccc2c1. The summed E-state index contributed by atoms with van der Waals surface area (Å²) in [5.74, 6) is -0.226. The van der Waals surface area contributed by atoms with Gasteiger partial charge in [0.1, 0.15) is 12.4 Å². The fourth-order valence-electron chi connectivity index (χ4n) is 4.15. The number of aliphatic carboxylic acids is 1. The number of nitrogens with zero attached hydrogens (tertiary/aromatic N) is 2. The van der Waals surface area contributed by atoms with Crippen LogP contribution in [0.4, 0.5) is 0 Å². The molecule has 40 heavy (non-hydrogen) atoms. The quantitative estimate of drug-likeness (QED) is 0.185. The first kappa shape index (κ1) is 26.4. The first-order valence-corrected chi connectivity index (χ1v) is 12.7. The van der Waals surface area contributed by atoms with Crippen molar-refractivity contribution in [2.45, 2.75) is 19.4 Å². The van der Waals surface area contributed by atoms with E-state index < -0.39 is 11.9 Å². The molecule has 0 aliphatic carbocycles. The number of benzene rings is 4. The molecule has 2 N–H and O–H groups in total. The maximum atomic E-state index is 11.1. The number of carboxylic acids is 2. The molecule has 5 aromatic rings. The predicted molar refractivity (Wildman–Crippen MR) is 151 cm³/mol. The van der Waals surface area contributed by atoms with Crippen molar-refractivity contribution in [1.29, 1.82) is 0 Å². The molecule has 1 aromatic heterocycles. The Morgan fingerprint density at radius 2 is 1.48 bits per heavy atom. The number of aromatic nitrogens is 2. The van der Waals surface area contributed by atoms with Crippen molar-refractivity contribution < 1.29 is 29.3 Å². The molecule has 0 fully saturated rings. The third-order valence-corrected chi connectivity index (χ3v) is 6.23. The zero-order valence-electron chi connectivity index (χ0n) is 21.5. The third kappa shape index (κ3) is 6.60. The highest BCUT2D eigenvalue weighted by molar-refractivity contribution is 5.88. The van der Waals surface area contributed by atoms with Crippen LogP contribution in [0.25, 0.3) is 33.4 Å². The minimum atomic E-state index is -0.977. The van der Waals surface area contributed by atoms with Crippen LogP contribution in [0.2, 0.25) is 0 Å². The Kier molecular flexibility index (Phi) is 7.97. The number of ether oxygens (including phenoxy) is 2. The fourth-order valence-corrected chi connectivity index (χ4v) is 4.15. The molecule has 4 aromatic carbocycles. The standard InChI is InChI=1S/C32H26N2O6/c35-30(36)7-4-16-39-27-15-14-24-17-26(13-12-25(24)18-27)31-33-28(22-5-2-1-3-6-22)19-29(34-31)40-20-21-8-10-23(11-9-21)32(37)38/h1-3,5-6,8-15,17-19H,4,7,16,20H2,(H,35,36)(H,37,38). The van der Waals surface area contributed by atoms with Crippen LogP contribution in [0.3, 0.4) is 0 Å². The third-order valence-electron chi connectivity index (χ3n) is 6.23. The highest BCUT2D eigenvalue weighted by Gasteiger charge is 2.12. The van der Waals surface area contributed by atoms with E-state index in [-0.39, 0.29) is 18.6 Å². The van der Waals surface area contributed by atoms with Crippen LogP contribution in [0.15, 0.2) is 97.1 Å². The number of hydrogen-bond acceptors (Lipinski definition) is 6. The Morgan fingerprint density at radius 3 is 2.23 bits per heavy atom. The van der Waals surface area contributed by atoms with Gasteiger partial charge in [-0.15, -0.1) is 0 Å². The van der Waals surface area contributed by atoms with E-state index in [1.807, 2.05) is 66.7 Å². The van der Waals surface area contributed by atoms with Gasteiger partial charge in [0.25, 0.3) is 0 Å². The topological polar surface area (TPSA) is 119 Å². The molecule has 200 valence electrons. The van der Waals surface area contributed by atoms with E-state index in [9.17, 15) is 9.59 Å². The van der Waals surface area contributed by atoms with Gasteiger partial charge in [0, 0.05) is 23.6 Å². The molecule has 8 nitrogen and oxygen atoms in total. The number of hydrogen-bond donors (Lipinski definition) is 2. The molecule has 0 saturated heterocycles. The molecular weight excluding hydrogens is 508 g/mol. The van der Waals surface area contributed by atoms with E-state index in [1.54, 1.807) is 30.3 Å². The van der Waals surface area contributed by atoms with Gasteiger partial charge < -0.3 is 19.7 Å². The maximum absolute atomic E-state index is 11.1. The van der Waals surface area contributed by atoms with Crippen molar-refractivity contribution in [3.63, 3.8) is 0 Å².